The molecule has 1 saturated heterocycles. The predicted molar refractivity (Wildman–Crippen MR) is 158 cm³/mol. The zero-order valence-electron chi connectivity index (χ0n) is 23.5. The van der Waals surface area contributed by atoms with Gasteiger partial charge in [0.05, 0.1) is 46.4 Å². The van der Waals surface area contributed by atoms with Gasteiger partial charge in [0, 0.05) is 37.3 Å². The number of hydrogen-bond donors (Lipinski definition) is 1. The van der Waals surface area contributed by atoms with Crippen LogP contribution in [-0.4, -0.2) is 52.3 Å². The predicted octanol–water partition coefficient (Wildman–Crippen LogP) is 5.62. The molecule has 4 aromatic heterocycles. The molecule has 0 unspecified atom stereocenters. The third-order valence-electron chi connectivity index (χ3n) is 7.60. The quantitative estimate of drug-likeness (QED) is 0.288. The van der Waals surface area contributed by atoms with E-state index in [-0.39, 0.29) is 39.6 Å². The molecule has 0 saturated carbocycles. The van der Waals surface area contributed by atoms with Crippen molar-refractivity contribution >= 4 is 39.4 Å². The van der Waals surface area contributed by atoms with E-state index in [0.717, 1.165) is 24.3 Å². The van der Waals surface area contributed by atoms with E-state index in [0.29, 0.717) is 34.5 Å². The summed E-state index contributed by atoms with van der Waals surface area (Å²) in [6.45, 7) is 10.1. The van der Waals surface area contributed by atoms with E-state index in [4.69, 9.17) is 25.7 Å². The zero-order valence-corrected chi connectivity index (χ0v) is 24.2. The summed E-state index contributed by atoms with van der Waals surface area (Å²) in [4.78, 5) is 30.2. The fourth-order valence-electron chi connectivity index (χ4n) is 5.57. The van der Waals surface area contributed by atoms with Crippen molar-refractivity contribution < 1.29 is 13.5 Å². The third kappa shape index (κ3) is 4.42. The molecule has 1 aliphatic heterocycles. The van der Waals surface area contributed by atoms with Crippen LogP contribution in [0, 0.1) is 12.7 Å². The van der Waals surface area contributed by atoms with Crippen molar-refractivity contribution in [3.05, 3.63) is 69.3 Å². The highest BCUT2D eigenvalue weighted by Gasteiger charge is 2.29. The molecule has 6 rings (SSSR count). The van der Waals surface area contributed by atoms with Crippen LogP contribution in [0.15, 0.2) is 45.9 Å². The number of benzene rings is 1. The maximum atomic E-state index is 15.9. The van der Waals surface area contributed by atoms with Gasteiger partial charge < -0.3 is 19.4 Å². The Hall–Kier alpha value is -4.02. The minimum atomic E-state index is -0.664. The van der Waals surface area contributed by atoms with Crippen LogP contribution in [-0.2, 0) is 0 Å². The second-order valence-electron chi connectivity index (χ2n) is 10.6. The monoisotopic (exact) mass is 576 g/mol. The lowest BCUT2D eigenvalue weighted by Gasteiger charge is -2.35. The van der Waals surface area contributed by atoms with Crippen LogP contribution in [0.25, 0.3) is 38.9 Å². The van der Waals surface area contributed by atoms with Gasteiger partial charge in [0.1, 0.15) is 11.4 Å². The van der Waals surface area contributed by atoms with Crippen LogP contribution in [0.5, 0.6) is 5.75 Å². The van der Waals surface area contributed by atoms with Gasteiger partial charge in [0.25, 0.3) is 0 Å². The fourth-order valence-corrected chi connectivity index (χ4v) is 5.81. The number of methoxy groups -OCH3 is 1. The summed E-state index contributed by atoms with van der Waals surface area (Å²) in [5.41, 5.74) is 2.39. The minimum absolute atomic E-state index is 0.00469. The standard InChI is InChI=1S/C30H30ClFN6O3/c1-15(2)24-26(16(3)6-8-34-24)38-29-19(28(36-30(38)39)37-10-9-33-14-17(37)4)13-20(31)25(35-29)22-23(32)21(40-5)12-18-7-11-41-27(18)22/h6-8,11-13,15,17,33H,9-10,14H2,1-5H3/t17-/m0/s1. The molecule has 1 N–H and O–H groups in total. The molecular weight excluding hydrogens is 547 g/mol. The Kier molecular flexibility index (Phi) is 6.91. The van der Waals surface area contributed by atoms with Gasteiger partial charge in [-0.1, -0.05) is 25.4 Å². The van der Waals surface area contributed by atoms with Crippen LogP contribution in [0.1, 0.15) is 37.9 Å². The summed E-state index contributed by atoms with van der Waals surface area (Å²) in [5, 5.41) is 4.76. The van der Waals surface area contributed by atoms with E-state index in [1.165, 1.54) is 17.9 Å². The number of piperazine rings is 1. The number of nitrogens with one attached hydrogen (secondary N) is 1. The van der Waals surface area contributed by atoms with Crippen LogP contribution in [0.4, 0.5) is 10.2 Å². The number of rotatable bonds is 5. The number of furan rings is 1. The van der Waals surface area contributed by atoms with E-state index >= 15 is 4.39 Å². The lowest BCUT2D eigenvalue weighted by Crippen LogP contribution is -2.50. The maximum Gasteiger partial charge on any atom is 0.355 e. The lowest BCUT2D eigenvalue weighted by molar-refractivity contribution is 0.388. The van der Waals surface area contributed by atoms with Gasteiger partial charge in [0.2, 0.25) is 0 Å². The zero-order chi connectivity index (χ0) is 29.0. The first-order valence-electron chi connectivity index (χ1n) is 13.5. The smallest absolute Gasteiger partial charge is 0.355 e. The molecule has 5 heterocycles. The van der Waals surface area contributed by atoms with E-state index in [9.17, 15) is 4.79 Å². The average Bonchev–Trinajstić information content (AvgIpc) is 3.41. The summed E-state index contributed by atoms with van der Waals surface area (Å²) >= 11 is 6.90. The number of ether oxygens (including phenoxy) is 1. The van der Waals surface area contributed by atoms with Crippen LogP contribution in [0.2, 0.25) is 5.02 Å². The van der Waals surface area contributed by atoms with Crippen LogP contribution >= 0.6 is 11.6 Å². The van der Waals surface area contributed by atoms with E-state index < -0.39 is 11.5 Å². The molecule has 0 amide bonds. The Balaban J connectivity index is 1.76. The molecule has 9 nitrogen and oxygen atoms in total. The molecule has 0 bridgehead atoms. The van der Waals surface area contributed by atoms with Crippen molar-refractivity contribution in [3.8, 4) is 22.7 Å². The number of halogens is 2. The molecule has 1 atom stereocenters. The molecular formula is C30H30ClFN6O3. The van der Waals surface area contributed by atoms with Gasteiger partial charge in [-0.15, -0.1) is 0 Å². The number of aromatic nitrogens is 4. The Labute approximate surface area is 240 Å². The summed E-state index contributed by atoms with van der Waals surface area (Å²) in [6, 6.07) is 6.90. The molecule has 0 aliphatic carbocycles. The van der Waals surface area contributed by atoms with Gasteiger partial charge in [-0.2, -0.15) is 4.98 Å². The summed E-state index contributed by atoms with van der Waals surface area (Å²) in [6.07, 6.45) is 3.19. The topological polar surface area (TPSA) is 98.3 Å². The van der Waals surface area contributed by atoms with E-state index in [2.05, 4.69) is 27.1 Å². The van der Waals surface area contributed by atoms with Gasteiger partial charge >= 0.3 is 5.69 Å². The lowest BCUT2D eigenvalue weighted by atomic mass is 10.0. The maximum absolute atomic E-state index is 15.9. The van der Waals surface area contributed by atoms with Crippen molar-refractivity contribution in [1.29, 1.82) is 0 Å². The Bertz CT molecular complexity index is 1870. The van der Waals surface area contributed by atoms with Gasteiger partial charge in [-0.3, -0.25) is 4.98 Å². The molecule has 0 radical (unpaired) electrons. The third-order valence-corrected chi connectivity index (χ3v) is 7.89. The molecule has 1 aliphatic rings. The summed E-state index contributed by atoms with van der Waals surface area (Å²) in [7, 11) is 1.40. The van der Waals surface area contributed by atoms with Crippen molar-refractivity contribution in [2.75, 3.05) is 31.6 Å². The van der Waals surface area contributed by atoms with Gasteiger partial charge in [0.15, 0.2) is 17.2 Å². The molecule has 1 aromatic carbocycles. The van der Waals surface area contributed by atoms with E-state index in [1.807, 2.05) is 26.8 Å². The van der Waals surface area contributed by atoms with Crippen LogP contribution < -0.4 is 20.6 Å². The van der Waals surface area contributed by atoms with E-state index in [1.54, 1.807) is 24.4 Å². The highest BCUT2D eigenvalue weighted by molar-refractivity contribution is 6.34. The number of fused-ring (bicyclic) bond motifs is 2. The number of nitrogens with zero attached hydrogens (tertiary/aromatic N) is 5. The molecule has 0 spiro atoms. The Morgan fingerprint density at radius 1 is 1.24 bits per heavy atom. The van der Waals surface area contributed by atoms with Crippen molar-refractivity contribution in [2.24, 2.45) is 0 Å². The summed E-state index contributed by atoms with van der Waals surface area (Å²) < 4.78 is 28.4. The first-order valence-corrected chi connectivity index (χ1v) is 13.9. The number of anilines is 1. The largest absolute Gasteiger partial charge is 0.494 e. The SMILES string of the molecule is COc1cc2ccoc2c(-c2nc3c(cc2Cl)c(N2CCNC[C@@H]2C)nc(=O)n3-c2c(C)ccnc2C(C)C)c1F. The van der Waals surface area contributed by atoms with Crippen molar-refractivity contribution in [1.82, 2.24) is 24.8 Å². The first-order chi connectivity index (χ1) is 19.7. The highest BCUT2D eigenvalue weighted by Crippen LogP contribution is 2.41. The first kappa shape index (κ1) is 27.2. The molecule has 41 heavy (non-hydrogen) atoms. The number of pyridine rings is 2. The second kappa shape index (κ2) is 10.4. The van der Waals surface area contributed by atoms with Crippen LogP contribution in [0.3, 0.4) is 0 Å². The minimum Gasteiger partial charge on any atom is -0.494 e. The number of hydrogen-bond acceptors (Lipinski definition) is 8. The second-order valence-corrected chi connectivity index (χ2v) is 11.0. The normalized spacial score (nSPS) is 15.8. The van der Waals surface area contributed by atoms with Crippen molar-refractivity contribution in [3.63, 3.8) is 0 Å². The number of aryl methyl sites for hydroxylation is 1. The van der Waals surface area contributed by atoms with Crippen molar-refractivity contribution in [2.45, 2.75) is 39.7 Å². The average molecular weight is 577 g/mol. The summed E-state index contributed by atoms with van der Waals surface area (Å²) in [5.74, 6) is -0.147. The fraction of sp³-hybridized carbons (Fsp3) is 0.333. The Morgan fingerprint density at radius 3 is 2.78 bits per heavy atom. The molecule has 1 fully saturated rings. The molecule has 212 valence electrons. The van der Waals surface area contributed by atoms with Gasteiger partial charge in [-0.25, -0.2) is 18.7 Å². The molecule has 11 heteroatoms. The Morgan fingerprint density at radius 2 is 2.05 bits per heavy atom. The molecule has 5 aromatic rings. The highest BCUT2D eigenvalue weighted by atomic mass is 35.5. The van der Waals surface area contributed by atoms with Gasteiger partial charge in [-0.05, 0) is 49.6 Å².